The zero-order valence-electron chi connectivity index (χ0n) is 17.0. The number of carbonyl (C=O) groups excluding carboxylic acids is 1. The molecule has 148 valence electrons. The standard InChI is InChI=1S/C26H22N2O2/c1-19-17-22(27-26(29)21-11-7-4-8-12-21)18-25(20-9-5-3-6-10-20)28(19)23-13-15-24(30-2)16-14-23/h3-18H,1-2H3/p+1. The number of ether oxygens (including phenoxy) is 1. The second-order valence-corrected chi connectivity index (χ2v) is 6.99. The number of benzene rings is 3. The summed E-state index contributed by atoms with van der Waals surface area (Å²) in [6.45, 7) is 2.04. The summed E-state index contributed by atoms with van der Waals surface area (Å²) in [6.07, 6.45) is 0. The summed E-state index contributed by atoms with van der Waals surface area (Å²) in [5, 5.41) is 3.03. The summed E-state index contributed by atoms with van der Waals surface area (Å²) in [5.74, 6) is 0.682. The molecular formula is C26H23N2O2+. The Kier molecular flexibility index (Phi) is 5.57. The number of aromatic nitrogens is 1. The number of nitrogens with zero attached hydrogens (tertiary/aromatic N) is 1. The van der Waals surface area contributed by atoms with Crippen molar-refractivity contribution in [3.05, 3.63) is 108 Å². The molecule has 0 aliphatic carbocycles. The van der Waals surface area contributed by atoms with Crippen LogP contribution in [0.5, 0.6) is 5.75 Å². The van der Waals surface area contributed by atoms with Crippen molar-refractivity contribution in [2.75, 3.05) is 12.4 Å². The zero-order valence-corrected chi connectivity index (χ0v) is 17.0. The first-order valence-corrected chi connectivity index (χ1v) is 9.78. The Morgan fingerprint density at radius 1 is 0.833 bits per heavy atom. The maximum absolute atomic E-state index is 12.7. The molecule has 1 amide bonds. The van der Waals surface area contributed by atoms with E-state index in [1.165, 1.54) is 0 Å². The third-order valence-electron chi connectivity index (χ3n) is 4.94. The highest BCUT2D eigenvalue weighted by Crippen LogP contribution is 2.23. The van der Waals surface area contributed by atoms with Crippen molar-refractivity contribution in [2.45, 2.75) is 6.92 Å². The Morgan fingerprint density at radius 3 is 2.10 bits per heavy atom. The van der Waals surface area contributed by atoms with Gasteiger partial charge in [-0.05, 0) is 36.4 Å². The molecule has 1 N–H and O–H groups in total. The molecule has 1 aromatic heterocycles. The maximum Gasteiger partial charge on any atom is 0.255 e. The van der Waals surface area contributed by atoms with Crippen LogP contribution in [0.3, 0.4) is 0 Å². The molecule has 1 heterocycles. The SMILES string of the molecule is COc1ccc(-[n+]2c(C)cc(NC(=O)c3ccccc3)cc2-c2ccccc2)cc1. The number of nitrogens with one attached hydrogen (secondary N) is 1. The Hall–Kier alpha value is -3.92. The van der Waals surface area contributed by atoms with Gasteiger partial charge in [-0.15, -0.1) is 0 Å². The lowest BCUT2D eigenvalue weighted by atomic mass is 10.1. The fraction of sp³-hybridized carbons (Fsp3) is 0.0769. The van der Waals surface area contributed by atoms with Gasteiger partial charge in [-0.1, -0.05) is 36.4 Å². The second-order valence-electron chi connectivity index (χ2n) is 6.99. The Labute approximate surface area is 176 Å². The van der Waals surface area contributed by atoms with Gasteiger partial charge in [0.1, 0.15) is 5.75 Å². The van der Waals surface area contributed by atoms with Gasteiger partial charge in [0, 0.05) is 42.3 Å². The lowest BCUT2D eigenvalue weighted by Gasteiger charge is -2.11. The van der Waals surface area contributed by atoms with Crippen LogP contribution in [-0.2, 0) is 0 Å². The number of carbonyl (C=O) groups is 1. The second kappa shape index (κ2) is 8.62. The predicted molar refractivity (Wildman–Crippen MR) is 119 cm³/mol. The molecule has 0 unspecified atom stereocenters. The average molecular weight is 395 g/mol. The number of rotatable bonds is 5. The average Bonchev–Trinajstić information content (AvgIpc) is 2.80. The number of hydrogen-bond donors (Lipinski definition) is 1. The minimum absolute atomic E-state index is 0.129. The van der Waals surface area contributed by atoms with Gasteiger partial charge in [-0.25, -0.2) is 0 Å². The largest absolute Gasteiger partial charge is 0.497 e. The van der Waals surface area contributed by atoms with Crippen LogP contribution in [0.1, 0.15) is 16.1 Å². The molecule has 0 spiro atoms. The van der Waals surface area contributed by atoms with Gasteiger partial charge in [-0.2, -0.15) is 4.57 Å². The van der Waals surface area contributed by atoms with Crippen molar-refractivity contribution >= 4 is 11.6 Å². The summed E-state index contributed by atoms with van der Waals surface area (Å²) in [5.41, 5.74) is 5.46. The molecule has 0 radical (unpaired) electrons. The van der Waals surface area contributed by atoms with Crippen LogP contribution >= 0.6 is 0 Å². The molecular weight excluding hydrogens is 372 g/mol. The highest BCUT2D eigenvalue weighted by molar-refractivity contribution is 6.04. The van der Waals surface area contributed by atoms with Crippen molar-refractivity contribution < 1.29 is 14.1 Å². The van der Waals surface area contributed by atoms with Crippen LogP contribution in [0.2, 0.25) is 0 Å². The van der Waals surface area contributed by atoms with Crippen molar-refractivity contribution in [1.82, 2.24) is 0 Å². The third kappa shape index (κ3) is 4.08. The van der Waals surface area contributed by atoms with E-state index in [0.29, 0.717) is 5.56 Å². The van der Waals surface area contributed by atoms with Gasteiger partial charge in [0.15, 0.2) is 5.69 Å². The fourth-order valence-electron chi connectivity index (χ4n) is 3.49. The highest BCUT2D eigenvalue weighted by atomic mass is 16.5. The van der Waals surface area contributed by atoms with Crippen LogP contribution in [0.4, 0.5) is 5.69 Å². The van der Waals surface area contributed by atoms with E-state index in [1.54, 1.807) is 19.2 Å². The van der Waals surface area contributed by atoms with Gasteiger partial charge in [-0.3, -0.25) is 4.79 Å². The Bertz CT molecular complexity index is 1160. The molecule has 0 fully saturated rings. The molecule has 4 rings (SSSR count). The molecule has 0 bridgehead atoms. The van der Waals surface area contributed by atoms with Crippen molar-refractivity contribution in [3.63, 3.8) is 0 Å². The monoisotopic (exact) mass is 395 g/mol. The van der Waals surface area contributed by atoms with Crippen molar-refractivity contribution in [2.24, 2.45) is 0 Å². The normalized spacial score (nSPS) is 10.5. The van der Waals surface area contributed by atoms with Gasteiger partial charge in [0.25, 0.3) is 5.91 Å². The number of amides is 1. The highest BCUT2D eigenvalue weighted by Gasteiger charge is 2.21. The zero-order chi connectivity index (χ0) is 20.9. The molecule has 4 nitrogen and oxygen atoms in total. The molecule has 0 aliphatic rings. The molecule has 0 atom stereocenters. The minimum Gasteiger partial charge on any atom is -0.497 e. The maximum atomic E-state index is 12.7. The van der Waals surface area contributed by atoms with E-state index in [0.717, 1.165) is 34.1 Å². The van der Waals surface area contributed by atoms with E-state index >= 15 is 0 Å². The van der Waals surface area contributed by atoms with Gasteiger partial charge in [0.2, 0.25) is 11.4 Å². The summed E-state index contributed by atoms with van der Waals surface area (Å²) in [7, 11) is 1.66. The molecule has 4 heteroatoms. The summed E-state index contributed by atoms with van der Waals surface area (Å²) in [4.78, 5) is 12.7. The third-order valence-corrected chi connectivity index (χ3v) is 4.94. The molecule has 3 aromatic carbocycles. The van der Waals surface area contributed by atoms with Gasteiger partial charge in [0.05, 0.1) is 12.8 Å². The van der Waals surface area contributed by atoms with E-state index in [9.17, 15) is 4.79 Å². The lowest BCUT2D eigenvalue weighted by molar-refractivity contribution is -0.590. The Morgan fingerprint density at radius 2 is 1.47 bits per heavy atom. The summed E-state index contributed by atoms with van der Waals surface area (Å²) in [6, 6.07) is 31.3. The molecule has 0 saturated heterocycles. The first-order valence-electron chi connectivity index (χ1n) is 9.78. The number of anilines is 1. The van der Waals surface area contributed by atoms with Crippen LogP contribution in [0, 0.1) is 6.92 Å². The predicted octanol–water partition coefficient (Wildman–Crippen LogP) is 5.20. The number of pyridine rings is 1. The minimum atomic E-state index is -0.129. The topological polar surface area (TPSA) is 42.2 Å². The van der Waals surface area contributed by atoms with E-state index in [2.05, 4.69) is 22.0 Å². The van der Waals surface area contributed by atoms with Crippen LogP contribution < -0.4 is 14.6 Å². The van der Waals surface area contributed by atoms with Crippen molar-refractivity contribution in [1.29, 1.82) is 0 Å². The molecule has 0 aliphatic heterocycles. The number of methoxy groups -OCH3 is 1. The van der Waals surface area contributed by atoms with E-state index in [-0.39, 0.29) is 5.91 Å². The molecule has 30 heavy (non-hydrogen) atoms. The van der Waals surface area contributed by atoms with E-state index < -0.39 is 0 Å². The number of aryl methyl sites for hydroxylation is 1. The van der Waals surface area contributed by atoms with Gasteiger partial charge < -0.3 is 10.1 Å². The Balaban J connectivity index is 1.79. The molecule has 4 aromatic rings. The summed E-state index contributed by atoms with van der Waals surface area (Å²) >= 11 is 0. The van der Waals surface area contributed by atoms with E-state index in [4.69, 9.17) is 4.74 Å². The number of hydrogen-bond acceptors (Lipinski definition) is 2. The van der Waals surface area contributed by atoms with Crippen molar-refractivity contribution in [3.8, 4) is 22.7 Å². The first-order chi connectivity index (χ1) is 14.7. The van der Waals surface area contributed by atoms with Crippen LogP contribution in [0.25, 0.3) is 16.9 Å². The van der Waals surface area contributed by atoms with Crippen LogP contribution in [-0.4, -0.2) is 13.0 Å². The first kappa shape index (κ1) is 19.4. The summed E-state index contributed by atoms with van der Waals surface area (Å²) < 4.78 is 7.47. The van der Waals surface area contributed by atoms with Crippen LogP contribution in [0.15, 0.2) is 97.1 Å². The fourth-order valence-corrected chi connectivity index (χ4v) is 3.49. The quantitative estimate of drug-likeness (QED) is 0.472. The molecule has 0 saturated carbocycles. The smallest absolute Gasteiger partial charge is 0.255 e. The van der Waals surface area contributed by atoms with Gasteiger partial charge >= 0.3 is 0 Å². The van der Waals surface area contributed by atoms with E-state index in [1.807, 2.05) is 79.7 Å². The lowest BCUT2D eigenvalue weighted by Crippen LogP contribution is -2.37.